The third-order valence-electron chi connectivity index (χ3n) is 5.35. The number of aromatic nitrogens is 8. The van der Waals surface area contributed by atoms with Gasteiger partial charge in [0, 0.05) is 18.6 Å². The molecule has 3 aromatic heterocycles. The Balaban J connectivity index is 1.61. The molecule has 0 radical (unpaired) electrons. The highest BCUT2D eigenvalue weighted by atomic mass is 35.5. The van der Waals surface area contributed by atoms with E-state index in [0.717, 1.165) is 26.6 Å². The second-order valence-corrected chi connectivity index (χ2v) is 8.35. The Morgan fingerprint density at radius 2 is 1.88 bits per heavy atom. The van der Waals surface area contributed by atoms with Crippen molar-refractivity contribution in [2.24, 2.45) is 7.05 Å². The first-order chi connectivity index (χ1) is 16.4. The zero-order valence-corrected chi connectivity index (χ0v) is 19.1. The van der Waals surface area contributed by atoms with E-state index in [2.05, 4.69) is 30.8 Å². The van der Waals surface area contributed by atoms with Crippen LogP contribution < -0.4 is 16.7 Å². The predicted molar refractivity (Wildman–Crippen MR) is 128 cm³/mol. The van der Waals surface area contributed by atoms with Crippen LogP contribution in [0.4, 0.5) is 11.6 Å². The molecule has 0 unspecified atom stereocenters. The lowest BCUT2D eigenvalue weighted by Crippen LogP contribution is -2.43. The van der Waals surface area contributed by atoms with E-state index >= 15 is 0 Å². The van der Waals surface area contributed by atoms with Crippen molar-refractivity contribution in [1.29, 1.82) is 0 Å². The van der Waals surface area contributed by atoms with Gasteiger partial charge in [-0.15, -0.1) is 0 Å². The summed E-state index contributed by atoms with van der Waals surface area (Å²) in [5, 5.41) is 18.8. The van der Waals surface area contributed by atoms with E-state index in [0.29, 0.717) is 16.4 Å². The summed E-state index contributed by atoms with van der Waals surface area (Å²) < 4.78 is 4.10. The van der Waals surface area contributed by atoms with Gasteiger partial charge in [-0.05, 0) is 24.6 Å². The van der Waals surface area contributed by atoms with Crippen molar-refractivity contribution < 1.29 is 0 Å². The largest absolute Gasteiger partial charge is 0.355 e. The third kappa shape index (κ3) is 4.20. The minimum Gasteiger partial charge on any atom is -0.324 e. The molecule has 2 N–H and O–H groups in total. The molecule has 11 nitrogen and oxygen atoms in total. The van der Waals surface area contributed by atoms with Gasteiger partial charge < -0.3 is 5.32 Å². The average molecular weight is 478 g/mol. The van der Waals surface area contributed by atoms with Crippen molar-refractivity contribution in [2.45, 2.75) is 20.0 Å². The number of aromatic amines is 1. The van der Waals surface area contributed by atoms with Crippen LogP contribution in [0, 0.1) is 6.92 Å². The molecule has 0 aliphatic rings. The van der Waals surface area contributed by atoms with Gasteiger partial charge in [0.1, 0.15) is 5.69 Å². The minimum absolute atomic E-state index is 0.0578. The summed E-state index contributed by atoms with van der Waals surface area (Å²) in [7, 11) is 1.82. The van der Waals surface area contributed by atoms with Crippen molar-refractivity contribution in [3.63, 3.8) is 0 Å². The van der Waals surface area contributed by atoms with Gasteiger partial charge in [0.05, 0.1) is 35.5 Å². The van der Waals surface area contributed by atoms with Crippen molar-refractivity contribution in [2.75, 3.05) is 5.32 Å². The van der Waals surface area contributed by atoms with E-state index in [9.17, 15) is 9.59 Å². The summed E-state index contributed by atoms with van der Waals surface area (Å²) in [6.45, 7) is 2.12. The predicted octanol–water partition coefficient (Wildman–Crippen LogP) is 2.21. The summed E-state index contributed by atoms with van der Waals surface area (Å²) in [5.41, 5.74) is 2.39. The molecule has 0 atom stereocenters. The molecule has 0 bridgehead atoms. The Bertz CT molecular complexity index is 1600. The summed E-state index contributed by atoms with van der Waals surface area (Å²) >= 11 is 6.47. The molecule has 3 heterocycles. The molecule has 5 aromatic rings. The monoisotopic (exact) mass is 477 g/mol. The van der Waals surface area contributed by atoms with Gasteiger partial charge in [-0.1, -0.05) is 41.4 Å². The fourth-order valence-electron chi connectivity index (χ4n) is 3.63. The lowest BCUT2D eigenvalue weighted by Gasteiger charge is -2.16. The first-order valence-electron chi connectivity index (χ1n) is 10.4. The van der Waals surface area contributed by atoms with Crippen LogP contribution >= 0.6 is 11.6 Å². The Morgan fingerprint density at radius 1 is 1.09 bits per heavy atom. The number of hydrogen-bond acceptors (Lipinski definition) is 7. The van der Waals surface area contributed by atoms with E-state index in [1.165, 1.54) is 10.8 Å². The van der Waals surface area contributed by atoms with Gasteiger partial charge in [0.15, 0.2) is 0 Å². The van der Waals surface area contributed by atoms with Gasteiger partial charge in [0.2, 0.25) is 5.95 Å². The number of rotatable bonds is 6. The second-order valence-electron chi connectivity index (χ2n) is 7.94. The molecule has 0 aliphatic heterocycles. The normalized spacial score (nSPS) is 11.3. The fraction of sp³-hybridized carbons (Fsp3) is 0.182. The first kappa shape index (κ1) is 21.6. The third-order valence-corrected chi connectivity index (χ3v) is 5.66. The molecule has 0 saturated heterocycles. The smallest absolute Gasteiger partial charge is 0.324 e. The van der Waals surface area contributed by atoms with Crippen LogP contribution in [0.2, 0.25) is 5.02 Å². The maximum Gasteiger partial charge on any atom is 0.355 e. The van der Waals surface area contributed by atoms with Crippen LogP contribution in [-0.2, 0) is 20.1 Å². The number of halogens is 1. The van der Waals surface area contributed by atoms with Gasteiger partial charge in [-0.25, -0.2) is 14.2 Å². The molecular weight excluding hydrogens is 458 g/mol. The van der Waals surface area contributed by atoms with Crippen LogP contribution in [0.25, 0.3) is 10.9 Å². The minimum atomic E-state index is -0.714. The van der Waals surface area contributed by atoms with Crippen LogP contribution in [-0.4, -0.2) is 39.3 Å². The van der Waals surface area contributed by atoms with Gasteiger partial charge in [-0.2, -0.15) is 25.5 Å². The standard InChI is InChI=1S/C22H20ClN9O2/c1-13-3-5-14(6-4-13)10-31-20(25-19-7-15-11-30(2)28-18(15)8-17(19)23)26-21(33)32(22(31)34)12-16-9-24-29-27-16/h3-9,11H,10,12H2,1-2H3,(H,24,27,29)(H,25,26,33). The summed E-state index contributed by atoms with van der Waals surface area (Å²) in [6, 6.07) is 11.3. The highest BCUT2D eigenvalue weighted by Gasteiger charge is 2.17. The van der Waals surface area contributed by atoms with Crippen LogP contribution in [0.5, 0.6) is 0 Å². The summed E-state index contributed by atoms with van der Waals surface area (Å²) in [4.78, 5) is 30.4. The summed E-state index contributed by atoms with van der Waals surface area (Å²) in [6.07, 6.45) is 3.30. The highest BCUT2D eigenvalue weighted by Crippen LogP contribution is 2.29. The number of hydrogen-bond donors (Lipinski definition) is 2. The fourth-order valence-corrected chi connectivity index (χ4v) is 3.83. The zero-order chi connectivity index (χ0) is 23.8. The molecule has 0 saturated carbocycles. The van der Waals surface area contributed by atoms with Gasteiger partial charge >= 0.3 is 11.4 Å². The lowest BCUT2D eigenvalue weighted by atomic mass is 10.1. The molecule has 0 spiro atoms. The van der Waals surface area contributed by atoms with Crippen LogP contribution in [0.15, 0.2) is 58.4 Å². The molecule has 12 heteroatoms. The van der Waals surface area contributed by atoms with Crippen LogP contribution in [0.3, 0.4) is 0 Å². The summed E-state index contributed by atoms with van der Waals surface area (Å²) in [5.74, 6) is 0.0807. The number of nitrogens with zero attached hydrogens (tertiary/aromatic N) is 7. The maximum absolute atomic E-state index is 13.4. The quantitative estimate of drug-likeness (QED) is 0.383. The maximum atomic E-state index is 13.4. The molecule has 2 aromatic carbocycles. The number of benzene rings is 2. The highest BCUT2D eigenvalue weighted by molar-refractivity contribution is 6.34. The van der Waals surface area contributed by atoms with E-state index in [4.69, 9.17) is 11.6 Å². The number of H-pyrrole nitrogens is 1. The SMILES string of the molecule is Cc1ccc(Cn2c(Nc3cc4cn(C)nc4cc3Cl)nc(=O)n(Cc3cn[nH]n3)c2=O)cc1. The first-order valence-corrected chi connectivity index (χ1v) is 10.8. The number of fused-ring (bicyclic) bond motifs is 1. The van der Waals surface area contributed by atoms with Crippen molar-refractivity contribution in [3.8, 4) is 0 Å². The number of aryl methyl sites for hydroxylation is 2. The molecule has 5 rings (SSSR count). The van der Waals surface area contributed by atoms with Gasteiger partial charge in [-0.3, -0.25) is 9.25 Å². The lowest BCUT2D eigenvalue weighted by molar-refractivity contribution is 0.583. The Labute approximate surface area is 197 Å². The molecule has 0 amide bonds. The second kappa shape index (κ2) is 8.60. The van der Waals surface area contributed by atoms with Crippen LogP contribution in [0.1, 0.15) is 16.8 Å². The van der Waals surface area contributed by atoms with Crippen molar-refractivity contribution in [3.05, 3.63) is 91.6 Å². The van der Waals surface area contributed by atoms with E-state index < -0.39 is 11.4 Å². The molecular formula is C22H20ClN9O2. The zero-order valence-electron chi connectivity index (χ0n) is 18.4. The topological polar surface area (TPSA) is 128 Å². The Hall–Kier alpha value is -4.25. The average Bonchev–Trinajstić information content (AvgIpc) is 3.44. The Morgan fingerprint density at radius 3 is 2.62 bits per heavy atom. The Kier molecular flexibility index (Phi) is 5.46. The molecule has 172 valence electrons. The number of nitrogens with one attached hydrogen (secondary N) is 2. The molecule has 0 aliphatic carbocycles. The van der Waals surface area contributed by atoms with E-state index in [1.54, 1.807) is 16.8 Å². The van der Waals surface area contributed by atoms with E-state index in [-0.39, 0.29) is 19.0 Å². The van der Waals surface area contributed by atoms with Crippen molar-refractivity contribution in [1.82, 2.24) is 39.3 Å². The molecule has 34 heavy (non-hydrogen) atoms. The van der Waals surface area contributed by atoms with E-state index in [1.807, 2.05) is 44.4 Å². The van der Waals surface area contributed by atoms with Gasteiger partial charge in [0.25, 0.3) is 0 Å². The number of anilines is 2. The molecule has 0 fully saturated rings. The van der Waals surface area contributed by atoms with Crippen molar-refractivity contribution >= 4 is 34.1 Å².